The molecule has 3 N–H and O–H groups in total. The van der Waals surface area contributed by atoms with Gasteiger partial charge in [-0.25, -0.2) is 0 Å². The van der Waals surface area contributed by atoms with Crippen LogP contribution in [0.2, 0.25) is 0 Å². The van der Waals surface area contributed by atoms with Crippen molar-refractivity contribution >= 4 is 34.1 Å². The number of hydrogen-bond donors (Lipinski definition) is 2. The minimum atomic E-state index is -0.560. The predicted molar refractivity (Wildman–Crippen MR) is 114 cm³/mol. The van der Waals surface area contributed by atoms with E-state index >= 15 is 0 Å². The molecule has 2 aromatic rings. The second-order valence-electron chi connectivity index (χ2n) is 7.21. The van der Waals surface area contributed by atoms with Crippen molar-refractivity contribution in [2.75, 3.05) is 31.5 Å². The number of hydrogen-bond acceptors (Lipinski definition) is 5. The summed E-state index contributed by atoms with van der Waals surface area (Å²) in [5, 5.41) is 4.99. The molecule has 1 aliphatic heterocycles. The first-order valence-electron chi connectivity index (χ1n) is 9.61. The van der Waals surface area contributed by atoms with Crippen molar-refractivity contribution in [2.45, 2.75) is 26.3 Å². The quantitative estimate of drug-likeness (QED) is 0.754. The number of rotatable bonds is 6. The number of carbonyl (C=O) groups excluding carboxylic acids is 3. The summed E-state index contributed by atoms with van der Waals surface area (Å²) in [7, 11) is 0. The third kappa shape index (κ3) is 5.02. The Bertz CT molecular complexity index is 903. The van der Waals surface area contributed by atoms with E-state index in [1.54, 1.807) is 11.4 Å². The first-order chi connectivity index (χ1) is 13.9. The van der Waals surface area contributed by atoms with Gasteiger partial charge in [0, 0.05) is 26.2 Å². The third-order valence-electron chi connectivity index (χ3n) is 5.36. The van der Waals surface area contributed by atoms with Crippen LogP contribution < -0.4 is 11.1 Å². The van der Waals surface area contributed by atoms with Gasteiger partial charge in [0.15, 0.2) is 0 Å². The van der Waals surface area contributed by atoms with Gasteiger partial charge in [-0.3, -0.25) is 19.3 Å². The highest BCUT2D eigenvalue weighted by molar-refractivity contribution is 7.14. The number of benzene rings is 1. The second-order valence-corrected chi connectivity index (χ2v) is 8.13. The van der Waals surface area contributed by atoms with E-state index in [1.807, 2.05) is 47.9 Å². The molecular formula is C21H26N4O3S. The Morgan fingerprint density at radius 1 is 1.14 bits per heavy atom. The van der Waals surface area contributed by atoms with E-state index < -0.39 is 5.91 Å². The number of carbonyl (C=O) groups is 3. The molecule has 3 amide bonds. The van der Waals surface area contributed by atoms with Crippen LogP contribution in [0.3, 0.4) is 0 Å². The summed E-state index contributed by atoms with van der Waals surface area (Å²) in [6, 6.07) is 9.15. The molecule has 29 heavy (non-hydrogen) atoms. The molecule has 2 heterocycles. The van der Waals surface area contributed by atoms with E-state index in [-0.39, 0.29) is 17.9 Å². The lowest BCUT2D eigenvalue weighted by Gasteiger charge is -2.37. The van der Waals surface area contributed by atoms with E-state index in [9.17, 15) is 14.4 Å². The van der Waals surface area contributed by atoms with Crippen molar-refractivity contribution in [3.63, 3.8) is 0 Å². The lowest BCUT2D eigenvalue weighted by molar-refractivity contribution is -0.133. The molecular weight excluding hydrogens is 388 g/mol. The summed E-state index contributed by atoms with van der Waals surface area (Å²) < 4.78 is 0. The number of piperazine rings is 1. The van der Waals surface area contributed by atoms with E-state index in [1.165, 1.54) is 11.3 Å². The molecule has 8 heteroatoms. The van der Waals surface area contributed by atoms with Crippen LogP contribution in [-0.4, -0.2) is 59.7 Å². The lowest BCUT2D eigenvalue weighted by atomic mass is 10.1. The number of nitrogens with zero attached hydrogens (tertiary/aromatic N) is 2. The van der Waals surface area contributed by atoms with Gasteiger partial charge in [-0.15, -0.1) is 11.3 Å². The van der Waals surface area contributed by atoms with E-state index in [0.29, 0.717) is 43.2 Å². The maximum Gasteiger partial charge on any atom is 0.251 e. The van der Waals surface area contributed by atoms with Gasteiger partial charge in [-0.1, -0.05) is 24.3 Å². The van der Waals surface area contributed by atoms with E-state index in [4.69, 9.17) is 5.73 Å². The zero-order valence-corrected chi connectivity index (χ0v) is 17.5. The standard InChI is InChI=1S/C21H26N4O3S/c1-14-5-3-4-6-16(14)13-18(26)25-10-8-24(9-11-25)15(2)20(28)23-21-17(19(22)27)7-12-29-21/h3-7,12,15H,8-11,13H2,1-2H3,(H2,22,27)(H,23,28). The Morgan fingerprint density at radius 2 is 1.83 bits per heavy atom. The zero-order valence-electron chi connectivity index (χ0n) is 16.7. The summed E-state index contributed by atoms with van der Waals surface area (Å²) in [6.07, 6.45) is 0.400. The molecule has 1 atom stereocenters. The SMILES string of the molecule is Cc1ccccc1CC(=O)N1CCN(C(C)C(=O)Nc2sccc2C(N)=O)CC1. The van der Waals surface area contributed by atoms with Crippen LogP contribution >= 0.6 is 11.3 Å². The summed E-state index contributed by atoms with van der Waals surface area (Å²) in [5.41, 5.74) is 7.82. The molecule has 154 valence electrons. The molecule has 0 spiro atoms. The van der Waals surface area contributed by atoms with Crippen LogP contribution in [0.4, 0.5) is 5.00 Å². The van der Waals surface area contributed by atoms with Crippen LogP contribution in [-0.2, 0) is 16.0 Å². The molecule has 1 aromatic heterocycles. The third-order valence-corrected chi connectivity index (χ3v) is 6.19. The van der Waals surface area contributed by atoms with Crippen molar-refractivity contribution in [3.05, 3.63) is 52.4 Å². The summed E-state index contributed by atoms with van der Waals surface area (Å²) in [6.45, 7) is 6.28. The molecule has 0 radical (unpaired) electrons. The van der Waals surface area contributed by atoms with Gasteiger partial charge in [0.05, 0.1) is 18.0 Å². The summed E-state index contributed by atoms with van der Waals surface area (Å²) in [4.78, 5) is 40.6. The maximum atomic E-state index is 12.6. The largest absolute Gasteiger partial charge is 0.366 e. The van der Waals surface area contributed by atoms with Gasteiger partial charge in [0.25, 0.3) is 5.91 Å². The molecule has 1 aliphatic rings. The Labute approximate surface area is 174 Å². The molecule has 0 saturated carbocycles. The highest BCUT2D eigenvalue weighted by atomic mass is 32.1. The highest BCUT2D eigenvalue weighted by Gasteiger charge is 2.28. The normalized spacial score (nSPS) is 15.7. The molecule has 3 rings (SSSR count). The number of aryl methyl sites for hydroxylation is 1. The first kappa shape index (κ1) is 21.0. The zero-order chi connectivity index (χ0) is 21.0. The van der Waals surface area contributed by atoms with Crippen LogP contribution in [0, 0.1) is 6.92 Å². The molecule has 0 bridgehead atoms. The van der Waals surface area contributed by atoms with E-state index in [2.05, 4.69) is 5.32 Å². The van der Waals surface area contributed by atoms with Gasteiger partial charge < -0.3 is 16.0 Å². The van der Waals surface area contributed by atoms with Gasteiger partial charge in [0.2, 0.25) is 11.8 Å². The fraction of sp³-hybridized carbons (Fsp3) is 0.381. The Morgan fingerprint density at radius 3 is 2.48 bits per heavy atom. The number of amides is 3. The van der Waals surface area contributed by atoms with Crippen LogP contribution in [0.15, 0.2) is 35.7 Å². The smallest absolute Gasteiger partial charge is 0.251 e. The number of thiophene rings is 1. The molecule has 7 nitrogen and oxygen atoms in total. The van der Waals surface area contributed by atoms with Crippen molar-refractivity contribution in [1.82, 2.24) is 9.80 Å². The lowest BCUT2D eigenvalue weighted by Crippen LogP contribution is -2.54. The Hall–Kier alpha value is -2.71. The van der Waals surface area contributed by atoms with Crippen molar-refractivity contribution in [1.29, 1.82) is 0 Å². The first-order valence-corrected chi connectivity index (χ1v) is 10.5. The minimum Gasteiger partial charge on any atom is -0.366 e. The molecule has 1 aromatic carbocycles. The topological polar surface area (TPSA) is 95.7 Å². The predicted octanol–water partition coefficient (Wildman–Crippen LogP) is 1.87. The molecule has 1 unspecified atom stereocenters. The monoisotopic (exact) mass is 414 g/mol. The molecule has 0 aliphatic carbocycles. The fourth-order valence-electron chi connectivity index (χ4n) is 3.42. The van der Waals surface area contributed by atoms with Crippen LogP contribution in [0.5, 0.6) is 0 Å². The second kappa shape index (κ2) is 9.19. The average Bonchev–Trinajstić information content (AvgIpc) is 3.17. The van der Waals surface area contributed by atoms with Crippen molar-refractivity contribution in [2.24, 2.45) is 5.73 Å². The summed E-state index contributed by atoms with van der Waals surface area (Å²) in [5.74, 6) is -0.634. The minimum absolute atomic E-state index is 0.112. The van der Waals surface area contributed by atoms with Gasteiger partial charge in [-0.05, 0) is 36.4 Å². The van der Waals surface area contributed by atoms with Crippen molar-refractivity contribution in [3.8, 4) is 0 Å². The number of anilines is 1. The average molecular weight is 415 g/mol. The summed E-state index contributed by atoms with van der Waals surface area (Å²) >= 11 is 1.27. The molecule has 1 fully saturated rings. The maximum absolute atomic E-state index is 12.6. The Kier molecular flexibility index (Phi) is 6.66. The van der Waals surface area contributed by atoms with Gasteiger partial charge >= 0.3 is 0 Å². The highest BCUT2D eigenvalue weighted by Crippen LogP contribution is 2.23. The number of primary amides is 1. The number of nitrogens with two attached hydrogens (primary N) is 1. The van der Waals surface area contributed by atoms with E-state index in [0.717, 1.165) is 11.1 Å². The van der Waals surface area contributed by atoms with Crippen LogP contribution in [0.1, 0.15) is 28.4 Å². The fourth-order valence-corrected chi connectivity index (χ4v) is 4.22. The van der Waals surface area contributed by atoms with Crippen molar-refractivity contribution < 1.29 is 14.4 Å². The molecule has 1 saturated heterocycles. The Balaban J connectivity index is 1.52. The van der Waals surface area contributed by atoms with Gasteiger partial charge in [0.1, 0.15) is 5.00 Å². The van der Waals surface area contributed by atoms with Gasteiger partial charge in [-0.2, -0.15) is 0 Å². The van der Waals surface area contributed by atoms with Crippen LogP contribution in [0.25, 0.3) is 0 Å². The number of nitrogens with one attached hydrogen (secondary N) is 1.